The first kappa shape index (κ1) is 25.5. The van der Waals surface area contributed by atoms with Crippen LogP contribution in [-0.2, 0) is 0 Å². The van der Waals surface area contributed by atoms with E-state index in [0.717, 1.165) is 0 Å². The van der Waals surface area contributed by atoms with Crippen molar-refractivity contribution in [3.05, 3.63) is 32.2 Å². The standard InChI is InChI=1S/2C9H15NS.2CH4/c1-6(2)8-5-11-9(10-8)7(3)4;1-6(2)8-5-10-9(11-8)7(3)4;;/h2*5-7H,1-4H3;2*1H4. The molecule has 0 unspecified atom stereocenters. The van der Waals surface area contributed by atoms with Crippen molar-refractivity contribution >= 4 is 22.7 Å². The molecular weight excluding hydrogens is 332 g/mol. The molecule has 0 aliphatic heterocycles. The Morgan fingerprint density at radius 1 is 0.750 bits per heavy atom. The quantitative estimate of drug-likeness (QED) is 0.544. The number of hydrogen-bond acceptors (Lipinski definition) is 4. The SMILES string of the molecule is C.C.CC(C)c1cnc(C(C)C)s1.CC(C)c1csc(C(C)C)n1. The maximum Gasteiger partial charge on any atom is 0.0953 e. The minimum atomic E-state index is 0. The van der Waals surface area contributed by atoms with Crippen LogP contribution in [0.1, 0.15) is 115 Å². The Morgan fingerprint density at radius 2 is 1.29 bits per heavy atom. The lowest BCUT2D eigenvalue weighted by Gasteiger charge is -1.99. The summed E-state index contributed by atoms with van der Waals surface area (Å²) in [5.74, 6) is 2.35. The van der Waals surface area contributed by atoms with Gasteiger partial charge < -0.3 is 0 Å². The van der Waals surface area contributed by atoms with Crippen LogP contribution in [-0.4, -0.2) is 9.97 Å². The second-order valence-electron chi connectivity index (χ2n) is 6.83. The van der Waals surface area contributed by atoms with E-state index in [1.165, 1.54) is 20.6 Å². The van der Waals surface area contributed by atoms with Gasteiger partial charge in [-0.1, -0.05) is 70.2 Å². The van der Waals surface area contributed by atoms with Gasteiger partial charge in [0.2, 0.25) is 0 Å². The molecule has 2 nitrogen and oxygen atoms in total. The highest BCUT2D eigenvalue weighted by atomic mass is 32.1. The molecule has 2 heterocycles. The second-order valence-corrected chi connectivity index (χ2v) is 8.81. The maximum absolute atomic E-state index is 4.53. The van der Waals surface area contributed by atoms with E-state index in [0.29, 0.717) is 23.7 Å². The molecule has 0 saturated heterocycles. The van der Waals surface area contributed by atoms with E-state index in [1.54, 1.807) is 11.3 Å². The molecule has 0 spiro atoms. The van der Waals surface area contributed by atoms with Crippen molar-refractivity contribution in [2.24, 2.45) is 0 Å². The van der Waals surface area contributed by atoms with Gasteiger partial charge in [-0.05, 0) is 11.8 Å². The fourth-order valence-corrected chi connectivity index (χ4v) is 3.59. The Kier molecular flexibility index (Phi) is 12.5. The molecule has 0 amide bonds. The fraction of sp³-hybridized carbons (Fsp3) is 0.700. The van der Waals surface area contributed by atoms with E-state index < -0.39 is 0 Å². The molecule has 0 aliphatic rings. The molecule has 2 rings (SSSR count). The largest absolute Gasteiger partial charge is 0.249 e. The molecular formula is C20H38N2S2. The summed E-state index contributed by atoms with van der Waals surface area (Å²) in [5, 5.41) is 4.68. The van der Waals surface area contributed by atoms with Crippen molar-refractivity contribution in [3.63, 3.8) is 0 Å². The summed E-state index contributed by atoms with van der Waals surface area (Å²) >= 11 is 3.61. The summed E-state index contributed by atoms with van der Waals surface area (Å²) in [6.45, 7) is 17.5. The van der Waals surface area contributed by atoms with Crippen LogP contribution >= 0.6 is 22.7 Å². The first-order chi connectivity index (χ1) is 10.2. The zero-order chi connectivity index (χ0) is 16.9. The van der Waals surface area contributed by atoms with Gasteiger partial charge in [-0.3, -0.25) is 0 Å². The molecule has 0 radical (unpaired) electrons. The number of thiazole rings is 2. The topological polar surface area (TPSA) is 25.8 Å². The highest BCUT2D eigenvalue weighted by Gasteiger charge is 2.08. The van der Waals surface area contributed by atoms with Crippen molar-refractivity contribution in [3.8, 4) is 0 Å². The van der Waals surface area contributed by atoms with Gasteiger partial charge in [0.15, 0.2) is 0 Å². The summed E-state index contributed by atoms with van der Waals surface area (Å²) in [7, 11) is 0. The highest BCUT2D eigenvalue weighted by molar-refractivity contribution is 7.11. The molecule has 0 saturated carbocycles. The first-order valence-corrected chi connectivity index (χ1v) is 9.82. The third kappa shape index (κ3) is 7.89. The van der Waals surface area contributed by atoms with Gasteiger partial charge >= 0.3 is 0 Å². The normalized spacial score (nSPS) is 10.5. The summed E-state index contributed by atoms with van der Waals surface area (Å²) in [6, 6.07) is 0. The monoisotopic (exact) mass is 370 g/mol. The molecule has 140 valence electrons. The Hall–Kier alpha value is -0.740. The van der Waals surface area contributed by atoms with Crippen LogP contribution in [0, 0.1) is 0 Å². The smallest absolute Gasteiger partial charge is 0.0953 e. The van der Waals surface area contributed by atoms with E-state index in [-0.39, 0.29) is 14.9 Å². The molecule has 0 aliphatic carbocycles. The molecule has 0 bridgehead atoms. The van der Waals surface area contributed by atoms with Gasteiger partial charge in [0.1, 0.15) is 0 Å². The molecule has 0 atom stereocenters. The minimum absolute atomic E-state index is 0. The molecule has 2 aromatic rings. The molecule has 2 aromatic heterocycles. The Balaban J connectivity index is 0. The zero-order valence-electron chi connectivity index (χ0n) is 15.2. The maximum atomic E-state index is 4.53. The van der Waals surface area contributed by atoms with Crippen LogP contribution in [0.3, 0.4) is 0 Å². The van der Waals surface area contributed by atoms with Crippen molar-refractivity contribution in [1.82, 2.24) is 9.97 Å². The van der Waals surface area contributed by atoms with Gasteiger partial charge in [0.25, 0.3) is 0 Å². The van der Waals surface area contributed by atoms with E-state index in [4.69, 9.17) is 0 Å². The summed E-state index contributed by atoms with van der Waals surface area (Å²) < 4.78 is 0. The van der Waals surface area contributed by atoms with Crippen molar-refractivity contribution in [1.29, 1.82) is 0 Å². The van der Waals surface area contributed by atoms with Gasteiger partial charge in [-0.15, -0.1) is 22.7 Å². The lowest BCUT2D eigenvalue weighted by Crippen LogP contribution is -1.90. The third-order valence-electron chi connectivity index (χ3n) is 3.23. The van der Waals surface area contributed by atoms with E-state index in [2.05, 4.69) is 70.7 Å². The van der Waals surface area contributed by atoms with Crippen LogP contribution in [0.25, 0.3) is 0 Å². The molecule has 0 N–H and O–H groups in total. The summed E-state index contributed by atoms with van der Waals surface area (Å²) in [6.07, 6.45) is 2.00. The molecule has 24 heavy (non-hydrogen) atoms. The summed E-state index contributed by atoms with van der Waals surface area (Å²) in [5.41, 5.74) is 1.23. The molecule has 0 fully saturated rings. The lowest BCUT2D eigenvalue weighted by molar-refractivity contribution is 0.793. The number of aromatic nitrogens is 2. The number of nitrogens with zero attached hydrogens (tertiary/aromatic N) is 2. The predicted molar refractivity (Wildman–Crippen MR) is 114 cm³/mol. The predicted octanol–water partition coefficient (Wildman–Crippen LogP) is 8.05. The average molecular weight is 371 g/mol. The molecule has 0 aromatic carbocycles. The first-order valence-electron chi connectivity index (χ1n) is 8.13. The summed E-state index contributed by atoms with van der Waals surface area (Å²) in [4.78, 5) is 10.3. The second kappa shape index (κ2) is 11.8. The van der Waals surface area contributed by atoms with Gasteiger partial charge in [0, 0.05) is 28.3 Å². The van der Waals surface area contributed by atoms with Crippen molar-refractivity contribution in [2.75, 3.05) is 0 Å². The minimum Gasteiger partial charge on any atom is -0.249 e. The van der Waals surface area contributed by atoms with E-state index >= 15 is 0 Å². The van der Waals surface area contributed by atoms with E-state index in [1.807, 2.05) is 17.5 Å². The Labute approximate surface area is 158 Å². The van der Waals surface area contributed by atoms with Gasteiger partial charge in [0.05, 0.1) is 15.7 Å². The van der Waals surface area contributed by atoms with Gasteiger partial charge in [-0.2, -0.15) is 0 Å². The molecule has 4 heteroatoms. The van der Waals surface area contributed by atoms with Crippen LogP contribution in [0.2, 0.25) is 0 Å². The zero-order valence-corrected chi connectivity index (χ0v) is 16.8. The van der Waals surface area contributed by atoms with Crippen molar-refractivity contribution in [2.45, 2.75) is 93.9 Å². The van der Waals surface area contributed by atoms with Crippen LogP contribution in [0.5, 0.6) is 0 Å². The Bertz CT molecular complexity index is 456. The number of rotatable bonds is 4. The lowest BCUT2D eigenvalue weighted by atomic mass is 10.1. The fourth-order valence-electron chi connectivity index (χ4n) is 1.67. The van der Waals surface area contributed by atoms with Crippen molar-refractivity contribution < 1.29 is 0 Å². The van der Waals surface area contributed by atoms with E-state index in [9.17, 15) is 0 Å². The third-order valence-corrected chi connectivity index (χ3v) is 5.99. The van der Waals surface area contributed by atoms with Crippen LogP contribution in [0.4, 0.5) is 0 Å². The van der Waals surface area contributed by atoms with Crippen LogP contribution < -0.4 is 0 Å². The van der Waals surface area contributed by atoms with Gasteiger partial charge in [-0.25, -0.2) is 9.97 Å². The average Bonchev–Trinajstić information content (AvgIpc) is 3.09. The number of hydrogen-bond donors (Lipinski definition) is 0. The van der Waals surface area contributed by atoms with Crippen LogP contribution in [0.15, 0.2) is 11.6 Å². The Morgan fingerprint density at radius 3 is 1.54 bits per heavy atom. The highest BCUT2D eigenvalue weighted by Crippen LogP contribution is 2.26.